The number of hydrogen-bond donors (Lipinski definition) is 0. The van der Waals surface area contributed by atoms with Crippen molar-refractivity contribution in [2.24, 2.45) is 0 Å². The Hall–Kier alpha value is 1.59. The van der Waals surface area contributed by atoms with Gasteiger partial charge in [-0.1, -0.05) is 0 Å². The summed E-state index contributed by atoms with van der Waals surface area (Å²) in [5.74, 6) is 0. The summed E-state index contributed by atoms with van der Waals surface area (Å²) in [7, 11) is 0. The van der Waals surface area contributed by atoms with Crippen LogP contribution in [0, 0.1) is 0 Å². The van der Waals surface area contributed by atoms with Crippen molar-refractivity contribution in [3.8, 4) is 0 Å². The Labute approximate surface area is 101 Å². The van der Waals surface area contributed by atoms with Gasteiger partial charge < -0.3 is 48.0 Å². The molecular formula is C6H7I2Ir. The fourth-order valence-electron chi connectivity index (χ4n) is 0.582. The molecule has 0 saturated carbocycles. The van der Waals surface area contributed by atoms with E-state index in [1.807, 2.05) is 0 Å². The van der Waals surface area contributed by atoms with E-state index in [2.05, 4.69) is 38.0 Å². The van der Waals surface area contributed by atoms with Gasteiger partial charge in [-0.05, 0) is 0 Å². The fourth-order valence-corrected chi connectivity index (χ4v) is 1.06. The normalized spacial score (nSPS) is 14.9. The maximum atomic E-state index is 2.20. The molecule has 0 saturated heterocycles. The minimum Gasteiger partial charge on any atom is -1.00 e. The number of halogens is 2. The van der Waals surface area contributed by atoms with E-state index in [0.29, 0.717) is 0 Å². The van der Waals surface area contributed by atoms with E-state index < -0.39 is 0 Å². The molecule has 0 bridgehead atoms. The molecule has 0 aromatic rings. The van der Waals surface area contributed by atoms with Gasteiger partial charge in [0.05, 0.1) is 0 Å². The van der Waals surface area contributed by atoms with Gasteiger partial charge in [0, 0.05) is 0 Å². The van der Waals surface area contributed by atoms with Gasteiger partial charge in [-0.25, -0.2) is 0 Å². The molecule has 0 aromatic carbocycles. The molecule has 1 rings (SSSR count). The molecule has 0 aromatic heterocycles. The van der Waals surface area contributed by atoms with Gasteiger partial charge >= 0.3 is 54.1 Å². The summed E-state index contributed by atoms with van der Waals surface area (Å²) in [5, 5.41) is 0. The first-order chi connectivity index (χ1) is 3.30. The molecule has 3 heteroatoms. The van der Waals surface area contributed by atoms with E-state index >= 15 is 0 Å². The average Bonchev–Trinajstić information content (AvgIpc) is 1.91. The third kappa shape index (κ3) is 4.11. The van der Waals surface area contributed by atoms with Gasteiger partial charge in [0.1, 0.15) is 0 Å². The monoisotopic (exact) mass is 526 g/mol. The van der Waals surface area contributed by atoms with Crippen molar-refractivity contribution < 1.29 is 66.9 Å². The van der Waals surface area contributed by atoms with Crippen LogP contribution in [0.1, 0.15) is 13.3 Å². The first-order valence-electron chi connectivity index (χ1n) is 2.30. The van der Waals surface area contributed by atoms with Crippen LogP contribution in [-0.2, 0) is 18.9 Å². The third-order valence-electron chi connectivity index (χ3n) is 1.07. The van der Waals surface area contributed by atoms with Crippen molar-refractivity contribution in [1.82, 2.24) is 0 Å². The van der Waals surface area contributed by atoms with Crippen LogP contribution in [-0.4, -0.2) is 0 Å². The quantitative estimate of drug-likeness (QED) is 0.282. The first kappa shape index (κ1) is 13.2. The zero-order chi connectivity index (χ0) is 5.28. The van der Waals surface area contributed by atoms with Crippen LogP contribution in [0.4, 0.5) is 0 Å². The van der Waals surface area contributed by atoms with E-state index in [0.717, 1.165) is 0 Å². The Morgan fingerprint density at radius 3 is 2.11 bits per heavy atom. The van der Waals surface area contributed by atoms with Crippen LogP contribution in [0.3, 0.4) is 0 Å². The molecule has 0 heterocycles. The first-order valence-corrected chi connectivity index (χ1v) is 3.50. The van der Waals surface area contributed by atoms with E-state index in [-0.39, 0.29) is 48.0 Å². The number of rotatable bonds is 0. The van der Waals surface area contributed by atoms with Crippen molar-refractivity contribution in [2.45, 2.75) is 13.3 Å². The minimum absolute atomic E-state index is 0. The van der Waals surface area contributed by atoms with Crippen LogP contribution >= 0.6 is 0 Å². The van der Waals surface area contributed by atoms with E-state index in [4.69, 9.17) is 0 Å². The second kappa shape index (κ2) is 6.31. The average molecular weight is 525 g/mol. The summed E-state index contributed by atoms with van der Waals surface area (Å²) < 4.78 is 1.51. The maximum absolute atomic E-state index is 2.20. The molecule has 0 aliphatic heterocycles. The maximum Gasteiger partial charge on any atom is -1.00 e. The standard InChI is InChI=1S/C6H7.2HI.Ir/c1-6-4-2-3-5-6;;;/h2,4H,3H2,1H3;2*1H;/q;;;+2/p-2. The second-order valence-corrected chi connectivity index (χ2v) is 3.11. The molecule has 54 valence electrons. The zero-order valence-corrected chi connectivity index (χ0v) is 11.7. The molecule has 0 spiro atoms. The second-order valence-electron chi connectivity index (χ2n) is 1.67. The van der Waals surface area contributed by atoms with Crippen molar-refractivity contribution in [3.63, 3.8) is 0 Å². The van der Waals surface area contributed by atoms with Crippen molar-refractivity contribution in [2.75, 3.05) is 0 Å². The molecule has 0 radical (unpaired) electrons. The molecule has 1 aliphatic rings. The fraction of sp³-hybridized carbons (Fsp3) is 0.333. The van der Waals surface area contributed by atoms with Crippen molar-refractivity contribution in [1.29, 1.82) is 0 Å². The van der Waals surface area contributed by atoms with Crippen LogP contribution in [0.25, 0.3) is 0 Å². The third-order valence-corrected chi connectivity index (χ3v) is 2.50. The molecule has 9 heavy (non-hydrogen) atoms. The molecule has 0 nitrogen and oxygen atoms in total. The topological polar surface area (TPSA) is 0 Å². The smallest absolute Gasteiger partial charge is 1.00 e. The van der Waals surface area contributed by atoms with Gasteiger partial charge in [-0.2, -0.15) is 0 Å². The summed E-state index contributed by atoms with van der Waals surface area (Å²) in [6.45, 7) is 2.15. The molecule has 0 fully saturated rings. The summed E-state index contributed by atoms with van der Waals surface area (Å²) >= 11 is 2.18. The largest absolute Gasteiger partial charge is 1.00 e. The Bertz CT molecular complexity index is 138. The SMILES string of the molecule is CC1=[C]([Ir+2])CC=C1.[I-].[I-]. The molecule has 0 amide bonds. The van der Waals surface area contributed by atoms with E-state index in [1.165, 1.54) is 16.1 Å². The van der Waals surface area contributed by atoms with Gasteiger partial charge in [0.15, 0.2) is 0 Å². The van der Waals surface area contributed by atoms with Gasteiger partial charge in [0.2, 0.25) is 0 Å². The van der Waals surface area contributed by atoms with E-state index in [1.54, 1.807) is 0 Å². The summed E-state index contributed by atoms with van der Waals surface area (Å²) in [6, 6.07) is 0. The predicted octanol–water partition coefficient (Wildman–Crippen LogP) is -4.22. The van der Waals surface area contributed by atoms with Crippen LogP contribution in [0.2, 0.25) is 0 Å². The zero-order valence-electron chi connectivity index (χ0n) is 4.95. The van der Waals surface area contributed by atoms with Crippen molar-refractivity contribution in [3.05, 3.63) is 21.8 Å². The number of allylic oxidation sites excluding steroid dienone is 4. The Kier molecular flexibility index (Phi) is 9.25. The van der Waals surface area contributed by atoms with Crippen LogP contribution in [0.5, 0.6) is 0 Å². The van der Waals surface area contributed by atoms with Gasteiger partial charge in [-0.3, -0.25) is 0 Å². The van der Waals surface area contributed by atoms with Crippen LogP contribution < -0.4 is 48.0 Å². The summed E-state index contributed by atoms with van der Waals surface area (Å²) in [4.78, 5) is 0. The Morgan fingerprint density at radius 1 is 1.44 bits per heavy atom. The summed E-state index contributed by atoms with van der Waals surface area (Å²) in [5.41, 5.74) is 1.44. The minimum atomic E-state index is 0. The molecule has 0 atom stereocenters. The van der Waals surface area contributed by atoms with Crippen LogP contribution in [0.15, 0.2) is 21.8 Å². The van der Waals surface area contributed by atoms with Gasteiger partial charge in [-0.15, -0.1) is 0 Å². The summed E-state index contributed by atoms with van der Waals surface area (Å²) in [6.07, 6.45) is 5.55. The van der Waals surface area contributed by atoms with E-state index in [9.17, 15) is 0 Å². The number of hydrogen-bond acceptors (Lipinski definition) is 0. The Balaban J connectivity index is 0. The molecule has 0 N–H and O–H groups in total. The predicted molar refractivity (Wildman–Crippen MR) is 26.5 cm³/mol. The molecule has 1 aliphatic carbocycles. The molecular weight excluding hydrogens is 518 g/mol. The Morgan fingerprint density at radius 2 is 2.00 bits per heavy atom. The van der Waals surface area contributed by atoms with Crippen molar-refractivity contribution >= 4 is 0 Å². The molecule has 0 unspecified atom stereocenters. The van der Waals surface area contributed by atoms with Gasteiger partial charge in [0.25, 0.3) is 0 Å².